The summed E-state index contributed by atoms with van der Waals surface area (Å²) in [6, 6.07) is 10.0. The minimum absolute atomic E-state index is 0.0889. The van der Waals surface area contributed by atoms with E-state index in [1.807, 2.05) is 43.6 Å². The first-order chi connectivity index (χ1) is 18.6. The number of likely N-dealkylation sites (N-methyl/N-ethyl adjacent to an activating group) is 1. The Labute approximate surface area is 221 Å². The first-order valence-corrected chi connectivity index (χ1v) is 13.3. The number of piperidine rings is 1. The lowest BCUT2D eigenvalue weighted by atomic mass is 10.1. The van der Waals surface area contributed by atoms with E-state index in [0.717, 1.165) is 66.5 Å². The van der Waals surface area contributed by atoms with Crippen molar-refractivity contribution >= 4 is 28.8 Å². The number of aromatic nitrogens is 6. The second-order valence-electron chi connectivity index (χ2n) is 9.82. The van der Waals surface area contributed by atoms with Crippen LogP contribution in [0.2, 0.25) is 0 Å². The summed E-state index contributed by atoms with van der Waals surface area (Å²) >= 11 is 0. The third kappa shape index (κ3) is 4.21. The van der Waals surface area contributed by atoms with Gasteiger partial charge in [-0.3, -0.25) is 9.36 Å². The SMILES string of the molecule is CCn1c(N2CCN(C)C(=O)C2)nc2c(N3CCCCC3)nc(-n3cc(-c4ccccc4)c(OC)n3)nc21. The Morgan fingerprint density at radius 2 is 1.74 bits per heavy atom. The summed E-state index contributed by atoms with van der Waals surface area (Å²) in [6.45, 7) is 6.28. The number of ether oxygens (including phenoxy) is 1. The summed E-state index contributed by atoms with van der Waals surface area (Å²) in [5.41, 5.74) is 3.39. The third-order valence-corrected chi connectivity index (χ3v) is 7.42. The van der Waals surface area contributed by atoms with Crippen LogP contribution in [0.5, 0.6) is 5.88 Å². The molecule has 6 rings (SSSR count). The van der Waals surface area contributed by atoms with Crippen molar-refractivity contribution < 1.29 is 9.53 Å². The summed E-state index contributed by atoms with van der Waals surface area (Å²) < 4.78 is 9.41. The summed E-state index contributed by atoms with van der Waals surface area (Å²) in [6.07, 6.45) is 5.36. The smallest absolute Gasteiger partial charge is 0.254 e. The van der Waals surface area contributed by atoms with Gasteiger partial charge in [0.1, 0.15) is 0 Å². The molecule has 0 radical (unpaired) electrons. The molecule has 0 unspecified atom stereocenters. The lowest BCUT2D eigenvalue weighted by Gasteiger charge is -2.32. The van der Waals surface area contributed by atoms with Crippen molar-refractivity contribution in [2.45, 2.75) is 32.7 Å². The van der Waals surface area contributed by atoms with Crippen molar-refractivity contribution in [3.8, 4) is 23.0 Å². The van der Waals surface area contributed by atoms with Gasteiger partial charge in [-0.2, -0.15) is 9.97 Å². The Morgan fingerprint density at radius 1 is 0.947 bits per heavy atom. The number of rotatable bonds is 6. The second kappa shape index (κ2) is 9.96. The van der Waals surface area contributed by atoms with Crippen LogP contribution in [-0.4, -0.2) is 87.0 Å². The van der Waals surface area contributed by atoms with E-state index in [1.54, 1.807) is 16.7 Å². The molecule has 4 aromatic rings. The summed E-state index contributed by atoms with van der Waals surface area (Å²) in [4.78, 5) is 33.7. The molecule has 11 nitrogen and oxygen atoms in total. The van der Waals surface area contributed by atoms with Crippen LogP contribution in [0.25, 0.3) is 28.2 Å². The van der Waals surface area contributed by atoms with Crippen LogP contribution in [0, 0.1) is 0 Å². The number of hydrogen-bond donors (Lipinski definition) is 0. The van der Waals surface area contributed by atoms with E-state index < -0.39 is 0 Å². The molecule has 0 bridgehead atoms. The quantitative estimate of drug-likeness (QED) is 0.387. The number of imidazole rings is 1. The highest BCUT2D eigenvalue weighted by Gasteiger charge is 2.29. The van der Waals surface area contributed by atoms with Crippen molar-refractivity contribution in [1.82, 2.24) is 34.2 Å². The molecule has 11 heteroatoms. The largest absolute Gasteiger partial charge is 0.479 e. The summed E-state index contributed by atoms with van der Waals surface area (Å²) in [7, 11) is 3.47. The van der Waals surface area contributed by atoms with Gasteiger partial charge in [-0.15, -0.1) is 5.10 Å². The Hall–Kier alpha value is -4.15. The average molecular weight is 516 g/mol. The van der Waals surface area contributed by atoms with Crippen LogP contribution in [0.15, 0.2) is 36.5 Å². The first-order valence-electron chi connectivity index (χ1n) is 13.3. The summed E-state index contributed by atoms with van der Waals surface area (Å²) in [5, 5.41) is 4.70. The normalized spacial score (nSPS) is 16.5. The predicted molar refractivity (Wildman–Crippen MR) is 146 cm³/mol. The highest BCUT2D eigenvalue weighted by Crippen LogP contribution is 2.33. The van der Waals surface area contributed by atoms with E-state index in [0.29, 0.717) is 31.5 Å². The molecule has 0 atom stereocenters. The number of methoxy groups -OCH3 is 1. The van der Waals surface area contributed by atoms with Gasteiger partial charge in [0, 0.05) is 46.0 Å². The molecule has 0 saturated carbocycles. The topological polar surface area (TPSA) is 97.4 Å². The molecule has 2 fully saturated rings. The van der Waals surface area contributed by atoms with Crippen molar-refractivity contribution in [3.63, 3.8) is 0 Å². The van der Waals surface area contributed by atoms with Gasteiger partial charge in [-0.05, 0) is 31.7 Å². The van der Waals surface area contributed by atoms with Crippen LogP contribution in [0.4, 0.5) is 11.8 Å². The lowest BCUT2D eigenvalue weighted by molar-refractivity contribution is -0.129. The number of carbonyl (C=O) groups is 1. The van der Waals surface area contributed by atoms with Crippen LogP contribution in [-0.2, 0) is 11.3 Å². The third-order valence-electron chi connectivity index (χ3n) is 7.42. The number of carbonyl (C=O) groups excluding carboxylic acids is 1. The fourth-order valence-electron chi connectivity index (χ4n) is 5.28. The number of piperazine rings is 1. The zero-order valence-electron chi connectivity index (χ0n) is 22.2. The Bertz CT molecular complexity index is 1460. The van der Waals surface area contributed by atoms with Gasteiger partial charge in [-0.25, -0.2) is 9.67 Å². The molecule has 2 saturated heterocycles. The van der Waals surface area contributed by atoms with E-state index in [2.05, 4.69) is 21.3 Å². The zero-order valence-corrected chi connectivity index (χ0v) is 22.2. The molecule has 2 aliphatic heterocycles. The number of fused-ring (bicyclic) bond motifs is 1. The van der Waals surface area contributed by atoms with E-state index in [1.165, 1.54) is 6.42 Å². The summed E-state index contributed by atoms with van der Waals surface area (Å²) in [5.74, 6) is 2.64. The van der Waals surface area contributed by atoms with Gasteiger partial charge >= 0.3 is 0 Å². The molecule has 5 heterocycles. The number of benzene rings is 1. The highest BCUT2D eigenvalue weighted by molar-refractivity contribution is 5.88. The number of hydrogen-bond acceptors (Lipinski definition) is 8. The molecule has 2 aliphatic rings. The molecule has 198 valence electrons. The van der Waals surface area contributed by atoms with Crippen molar-refractivity contribution in [1.29, 1.82) is 0 Å². The standard InChI is InChI=1S/C27H33N9O2/c1-4-35-24-22(28-27(35)34-16-15-32(2)21(37)18-34)23(33-13-9-6-10-14-33)29-26(30-24)36-17-20(25(31-36)38-3)19-11-7-5-8-12-19/h5,7-8,11-12,17H,4,6,9-10,13-16,18H2,1-3H3. The Kier molecular flexibility index (Phi) is 6.34. The maximum absolute atomic E-state index is 12.5. The van der Waals surface area contributed by atoms with E-state index in [9.17, 15) is 4.79 Å². The van der Waals surface area contributed by atoms with Gasteiger partial charge in [0.15, 0.2) is 17.0 Å². The first kappa shape index (κ1) is 24.2. The Morgan fingerprint density at radius 3 is 2.45 bits per heavy atom. The molecule has 1 aromatic carbocycles. The van der Waals surface area contributed by atoms with E-state index in [-0.39, 0.29) is 5.91 Å². The zero-order chi connectivity index (χ0) is 26.2. The second-order valence-corrected chi connectivity index (χ2v) is 9.82. The lowest BCUT2D eigenvalue weighted by Crippen LogP contribution is -2.49. The molecule has 0 N–H and O–H groups in total. The molecule has 0 aliphatic carbocycles. The molecule has 0 spiro atoms. The molecule has 3 aromatic heterocycles. The van der Waals surface area contributed by atoms with Crippen LogP contribution < -0.4 is 14.5 Å². The number of nitrogens with zero attached hydrogens (tertiary/aromatic N) is 9. The van der Waals surface area contributed by atoms with Gasteiger partial charge < -0.3 is 19.4 Å². The molecule has 1 amide bonds. The fraction of sp³-hybridized carbons (Fsp3) is 0.444. The van der Waals surface area contributed by atoms with Crippen LogP contribution >= 0.6 is 0 Å². The van der Waals surface area contributed by atoms with Gasteiger partial charge in [-0.1, -0.05) is 30.3 Å². The van der Waals surface area contributed by atoms with Gasteiger partial charge in [0.05, 0.1) is 19.2 Å². The van der Waals surface area contributed by atoms with E-state index >= 15 is 0 Å². The number of amides is 1. The number of anilines is 2. The molecular formula is C27H33N9O2. The average Bonchev–Trinajstić information content (AvgIpc) is 3.56. The Balaban J connectivity index is 1.51. The fourth-order valence-corrected chi connectivity index (χ4v) is 5.28. The maximum Gasteiger partial charge on any atom is 0.254 e. The maximum atomic E-state index is 12.5. The molecule has 38 heavy (non-hydrogen) atoms. The minimum atomic E-state index is 0.0889. The van der Waals surface area contributed by atoms with Crippen molar-refractivity contribution in [3.05, 3.63) is 36.5 Å². The highest BCUT2D eigenvalue weighted by atomic mass is 16.5. The van der Waals surface area contributed by atoms with Crippen molar-refractivity contribution in [2.75, 3.05) is 56.7 Å². The predicted octanol–water partition coefficient (Wildman–Crippen LogP) is 2.98. The number of aryl methyl sites for hydroxylation is 1. The van der Waals surface area contributed by atoms with E-state index in [4.69, 9.17) is 24.8 Å². The van der Waals surface area contributed by atoms with Gasteiger partial charge in [0.25, 0.3) is 5.95 Å². The van der Waals surface area contributed by atoms with Gasteiger partial charge in [0.2, 0.25) is 17.7 Å². The van der Waals surface area contributed by atoms with Crippen molar-refractivity contribution in [2.24, 2.45) is 0 Å². The van der Waals surface area contributed by atoms with Crippen LogP contribution in [0.3, 0.4) is 0 Å². The monoisotopic (exact) mass is 515 g/mol. The molecular weight excluding hydrogens is 482 g/mol. The van der Waals surface area contributed by atoms with Crippen LogP contribution in [0.1, 0.15) is 26.2 Å². The minimum Gasteiger partial charge on any atom is -0.479 e.